The van der Waals surface area contributed by atoms with E-state index in [1.807, 2.05) is 25.3 Å². The van der Waals surface area contributed by atoms with Crippen molar-refractivity contribution in [2.45, 2.75) is 24.5 Å². The average molecular weight is 321 g/mol. The van der Waals surface area contributed by atoms with E-state index >= 15 is 0 Å². The third kappa shape index (κ3) is 3.16. The van der Waals surface area contributed by atoms with Crippen LogP contribution < -0.4 is 15.8 Å². The Hall–Kier alpha value is -2.22. The fourth-order valence-corrected chi connectivity index (χ4v) is 2.71. The van der Waals surface area contributed by atoms with Crippen LogP contribution in [0.15, 0.2) is 29.4 Å². The van der Waals surface area contributed by atoms with Gasteiger partial charge in [0, 0.05) is 0 Å². The summed E-state index contributed by atoms with van der Waals surface area (Å²) in [4.78, 5) is 12.6. The quantitative estimate of drug-likeness (QED) is 0.792. The number of ether oxygens (including phenoxy) is 1. The number of carbonyl (C=O) groups is 1. The van der Waals surface area contributed by atoms with Gasteiger partial charge in [-0.05, 0) is 24.8 Å². The number of rotatable bonds is 6. The number of nitrogens with zero attached hydrogens (tertiary/aromatic N) is 3. The third-order valence-corrected chi connectivity index (χ3v) is 3.88. The summed E-state index contributed by atoms with van der Waals surface area (Å²) >= 11 is 1.40. The Morgan fingerprint density at radius 1 is 1.45 bits per heavy atom. The van der Waals surface area contributed by atoms with Crippen molar-refractivity contribution in [3.63, 3.8) is 0 Å². The number of nitrogens with two attached hydrogens (primary N) is 1. The van der Waals surface area contributed by atoms with Gasteiger partial charge < -0.3 is 15.8 Å². The van der Waals surface area contributed by atoms with Gasteiger partial charge in [-0.2, -0.15) is 0 Å². The Balaban J connectivity index is 2.28. The maximum atomic E-state index is 12.6. The summed E-state index contributed by atoms with van der Waals surface area (Å²) in [6.45, 7) is 1.91. The minimum atomic E-state index is -0.484. The van der Waals surface area contributed by atoms with E-state index < -0.39 is 6.04 Å². The van der Waals surface area contributed by atoms with Crippen molar-refractivity contribution in [3.05, 3.63) is 24.3 Å². The molecule has 0 saturated carbocycles. The van der Waals surface area contributed by atoms with Gasteiger partial charge in [0.25, 0.3) is 0 Å². The van der Waals surface area contributed by atoms with E-state index in [1.165, 1.54) is 11.8 Å². The molecule has 7 nitrogen and oxygen atoms in total. The molecule has 0 fully saturated rings. The number of methoxy groups -OCH3 is 1. The topological polar surface area (TPSA) is 95.1 Å². The van der Waals surface area contributed by atoms with E-state index in [0.717, 1.165) is 0 Å². The van der Waals surface area contributed by atoms with Crippen LogP contribution >= 0.6 is 11.8 Å². The largest absolute Gasteiger partial charge is 0.495 e. The molecule has 0 aliphatic carbocycles. The van der Waals surface area contributed by atoms with Crippen LogP contribution in [0.25, 0.3) is 0 Å². The number of carbonyl (C=O) groups excluding carboxylic acids is 1. The average Bonchev–Trinajstić information content (AvgIpc) is 2.90. The molecule has 3 N–H and O–H groups in total. The van der Waals surface area contributed by atoms with Gasteiger partial charge >= 0.3 is 0 Å². The van der Waals surface area contributed by atoms with Gasteiger partial charge in [-0.25, -0.2) is 0 Å². The molecule has 22 heavy (non-hydrogen) atoms. The summed E-state index contributed by atoms with van der Waals surface area (Å²) in [7, 11) is 1.56. The number of hydrogen-bond donors (Lipinski definition) is 2. The van der Waals surface area contributed by atoms with Crippen LogP contribution in [0.5, 0.6) is 5.75 Å². The van der Waals surface area contributed by atoms with Crippen LogP contribution in [0.1, 0.15) is 19.4 Å². The predicted molar refractivity (Wildman–Crippen MR) is 87.2 cm³/mol. The lowest BCUT2D eigenvalue weighted by atomic mass is 10.2. The van der Waals surface area contributed by atoms with Crippen molar-refractivity contribution in [3.8, 4) is 5.75 Å². The van der Waals surface area contributed by atoms with Crippen LogP contribution in [-0.4, -0.2) is 34.0 Å². The first-order chi connectivity index (χ1) is 10.6. The summed E-state index contributed by atoms with van der Waals surface area (Å²) in [6.07, 6.45) is 2.43. The lowest BCUT2D eigenvalue weighted by Crippen LogP contribution is -2.27. The third-order valence-electron chi connectivity index (χ3n) is 3.24. The first kappa shape index (κ1) is 16.2. The van der Waals surface area contributed by atoms with Gasteiger partial charge in [0.1, 0.15) is 11.8 Å². The highest BCUT2D eigenvalue weighted by molar-refractivity contribution is 7.98. The normalized spacial score (nSPS) is 12.0. The lowest BCUT2D eigenvalue weighted by molar-refractivity contribution is -0.119. The van der Waals surface area contributed by atoms with Crippen molar-refractivity contribution in [2.75, 3.05) is 24.4 Å². The second kappa shape index (κ2) is 7.17. The van der Waals surface area contributed by atoms with E-state index in [9.17, 15) is 4.79 Å². The van der Waals surface area contributed by atoms with Crippen molar-refractivity contribution in [1.29, 1.82) is 0 Å². The van der Waals surface area contributed by atoms with E-state index in [1.54, 1.807) is 23.8 Å². The number of nitrogens with one attached hydrogen (secondary N) is 1. The molecular formula is C14H19N5O2S. The first-order valence-corrected chi connectivity index (χ1v) is 8.03. The van der Waals surface area contributed by atoms with Gasteiger partial charge in [-0.3, -0.25) is 9.36 Å². The van der Waals surface area contributed by atoms with E-state index in [4.69, 9.17) is 10.5 Å². The molecule has 2 aromatic rings. The van der Waals surface area contributed by atoms with Gasteiger partial charge in [0.2, 0.25) is 11.9 Å². The molecule has 0 spiro atoms. The minimum absolute atomic E-state index is 0.186. The number of nitrogen functional groups attached to an aromatic ring is 1. The molecular weight excluding hydrogens is 302 g/mol. The van der Waals surface area contributed by atoms with Gasteiger partial charge in [-0.15, -0.1) is 10.2 Å². The molecule has 1 atom stereocenters. The fraction of sp³-hybridized carbons (Fsp3) is 0.357. The highest BCUT2D eigenvalue weighted by Crippen LogP contribution is 2.27. The van der Waals surface area contributed by atoms with Crippen molar-refractivity contribution in [2.24, 2.45) is 0 Å². The maximum absolute atomic E-state index is 12.6. The fourth-order valence-electron chi connectivity index (χ4n) is 2.17. The molecule has 0 radical (unpaired) electrons. The van der Waals surface area contributed by atoms with Crippen molar-refractivity contribution >= 4 is 29.3 Å². The Bertz CT molecular complexity index is 658. The monoisotopic (exact) mass is 321 g/mol. The van der Waals surface area contributed by atoms with Crippen LogP contribution in [0, 0.1) is 0 Å². The second-order valence-electron chi connectivity index (χ2n) is 4.53. The summed E-state index contributed by atoms with van der Waals surface area (Å²) in [5.41, 5.74) is 6.47. The zero-order chi connectivity index (χ0) is 16.1. The zero-order valence-electron chi connectivity index (χ0n) is 12.7. The number of para-hydroxylation sites is 2. The molecule has 2 rings (SSSR count). The molecule has 118 valence electrons. The number of anilines is 2. The van der Waals surface area contributed by atoms with Crippen molar-refractivity contribution in [1.82, 2.24) is 14.8 Å². The smallest absolute Gasteiger partial charge is 0.247 e. The summed E-state index contributed by atoms with van der Waals surface area (Å²) in [5.74, 6) is 0.646. The number of amides is 1. The Morgan fingerprint density at radius 3 is 2.82 bits per heavy atom. The van der Waals surface area contributed by atoms with E-state index in [-0.39, 0.29) is 11.9 Å². The van der Waals surface area contributed by atoms with Crippen LogP contribution in [0.2, 0.25) is 0 Å². The summed E-state index contributed by atoms with van der Waals surface area (Å²) in [5, 5.41) is 11.3. The molecule has 0 aliphatic rings. The Morgan fingerprint density at radius 2 is 2.18 bits per heavy atom. The molecule has 8 heteroatoms. The SMILES string of the molecule is CC[C@@H](C(=O)Nc1ccccc1OC)n1c(N)nnc1SC. The Labute approximate surface area is 133 Å². The number of aromatic nitrogens is 3. The molecule has 0 unspecified atom stereocenters. The Kier molecular flexibility index (Phi) is 5.26. The van der Waals surface area contributed by atoms with E-state index in [0.29, 0.717) is 23.0 Å². The first-order valence-electron chi connectivity index (χ1n) is 6.80. The minimum Gasteiger partial charge on any atom is -0.495 e. The maximum Gasteiger partial charge on any atom is 0.247 e. The molecule has 1 heterocycles. The van der Waals surface area contributed by atoms with E-state index in [2.05, 4.69) is 15.5 Å². The summed E-state index contributed by atoms with van der Waals surface area (Å²) < 4.78 is 6.89. The zero-order valence-corrected chi connectivity index (χ0v) is 13.6. The van der Waals surface area contributed by atoms with Gasteiger partial charge in [0.15, 0.2) is 5.16 Å². The van der Waals surface area contributed by atoms with Gasteiger partial charge in [-0.1, -0.05) is 30.8 Å². The molecule has 0 saturated heterocycles. The standard InChI is InChI=1S/C14H19N5O2S/c1-4-10(19-13(15)17-18-14(19)22-3)12(20)16-9-7-5-6-8-11(9)21-2/h5-8,10H,4H2,1-3H3,(H2,15,17)(H,16,20)/t10-/m0/s1. The van der Waals surface area contributed by atoms with Crippen molar-refractivity contribution < 1.29 is 9.53 Å². The highest BCUT2D eigenvalue weighted by atomic mass is 32.2. The van der Waals surface area contributed by atoms with Gasteiger partial charge in [0.05, 0.1) is 12.8 Å². The molecule has 1 aromatic heterocycles. The predicted octanol–water partition coefficient (Wildman–Crippen LogP) is 2.18. The molecule has 0 bridgehead atoms. The van der Waals surface area contributed by atoms with Crippen LogP contribution in [-0.2, 0) is 4.79 Å². The molecule has 1 amide bonds. The highest BCUT2D eigenvalue weighted by Gasteiger charge is 2.25. The number of benzene rings is 1. The second-order valence-corrected chi connectivity index (χ2v) is 5.30. The summed E-state index contributed by atoms with van der Waals surface area (Å²) in [6, 6.07) is 6.77. The van der Waals surface area contributed by atoms with Crippen LogP contribution in [0.4, 0.5) is 11.6 Å². The number of thioether (sulfide) groups is 1. The molecule has 0 aliphatic heterocycles. The number of hydrogen-bond acceptors (Lipinski definition) is 6. The lowest BCUT2D eigenvalue weighted by Gasteiger charge is -2.19. The molecule has 1 aromatic carbocycles. The van der Waals surface area contributed by atoms with Crippen LogP contribution in [0.3, 0.4) is 0 Å².